The van der Waals surface area contributed by atoms with Gasteiger partial charge in [0.15, 0.2) is 9.84 Å². The van der Waals surface area contributed by atoms with Gasteiger partial charge in [-0.25, -0.2) is 19.1 Å². The largest absolute Gasteiger partial charge is 0.333 e. The molecule has 8 heteroatoms. The number of nitrogens with two attached hydrogens (primary N) is 1. The molecule has 0 saturated carbocycles. The first-order valence-corrected chi connectivity index (χ1v) is 9.40. The quantitative estimate of drug-likeness (QED) is 0.406. The second-order valence-corrected chi connectivity index (χ2v) is 7.69. The number of hydrazine groups is 1. The molecule has 0 unspecified atom stereocenters. The van der Waals surface area contributed by atoms with Crippen LogP contribution in [0.1, 0.15) is 11.1 Å². The molecule has 2 aromatic carbocycles. The minimum atomic E-state index is -3.50. The average molecular weight is 370 g/mol. The lowest BCUT2D eigenvalue weighted by Crippen LogP contribution is -2.40. The number of sulfone groups is 1. The number of nitrogens with zero attached hydrogens (tertiary/aromatic N) is 1. The summed E-state index contributed by atoms with van der Waals surface area (Å²) < 4.78 is 24.4. The van der Waals surface area contributed by atoms with E-state index in [-0.39, 0.29) is 17.2 Å². The molecule has 0 fully saturated rings. The van der Waals surface area contributed by atoms with E-state index in [9.17, 15) is 13.2 Å². The highest BCUT2D eigenvalue weighted by atomic mass is 32.2. The predicted octanol–water partition coefficient (Wildman–Crippen LogP) is 1.83. The molecule has 0 aromatic heterocycles. The standard InChI is InChI=1S/C18H18N4O3S/c1-13(21-18(23)22-20)11-26(24,25)12-14-5-7-16(8-6-14)17-4-2-3-15(9-17)10-19/h2-9H,1,11-12,20H2,(H2,21,22,23). The Hall–Kier alpha value is -3.15. The molecule has 0 aliphatic heterocycles. The molecule has 0 aliphatic carbocycles. The van der Waals surface area contributed by atoms with Gasteiger partial charge in [0.2, 0.25) is 0 Å². The Morgan fingerprint density at radius 1 is 1.15 bits per heavy atom. The second kappa shape index (κ2) is 8.29. The van der Waals surface area contributed by atoms with Crippen molar-refractivity contribution in [2.75, 3.05) is 5.75 Å². The van der Waals surface area contributed by atoms with Crippen LogP contribution in [-0.2, 0) is 15.6 Å². The Labute approximate surface area is 152 Å². The molecule has 0 bridgehead atoms. The first-order chi connectivity index (χ1) is 12.3. The van der Waals surface area contributed by atoms with Crippen LogP contribution in [0.2, 0.25) is 0 Å². The summed E-state index contributed by atoms with van der Waals surface area (Å²) in [6.45, 7) is 3.51. The van der Waals surface area contributed by atoms with Crippen LogP contribution in [0.25, 0.3) is 11.1 Å². The van der Waals surface area contributed by atoms with Crippen LogP contribution in [-0.4, -0.2) is 20.2 Å². The van der Waals surface area contributed by atoms with Gasteiger partial charge in [0.25, 0.3) is 0 Å². The molecule has 0 saturated heterocycles. The van der Waals surface area contributed by atoms with Crippen molar-refractivity contribution < 1.29 is 13.2 Å². The number of benzene rings is 2. The Morgan fingerprint density at radius 3 is 2.46 bits per heavy atom. The summed E-state index contributed by atoms with van der Waals surface area (Å²) in [5.74, 6) is 4.35. The molecule has 4 N–H and O–H groups in total. The van der Waals surface area contributed by atoms with Crippen LogP contribution in [0.5, 0.6) is 0 Å². The SMILES string of the molecule is C=C(CS(=O)(=O)Cc1ccc(-c2cccc(C#N)c2)cc1)NC(=O)NN. The number of nitrogens with one attached hydrogen (secondary N) is 2. The van der Waals surface area contributed by atoms with Crippen LogP contribution in [0.3, 0.4) is 0 Å². The van der Waals surface area contributed by atoms with Gasteiger partial charge in [-0.3, -0.25) is 5.43 Å². The molecule has 7 nitrogen and oxygen atoms in total. The Morgan fingerprint density at radius 2 is 1.85 bits per heavy atom. The molecule has 0 aliphatic rings. The highest BCUT2D eigenvalue weighted by Gasteiger charge is 2.15. The van der Waals surface area contributed by atoms with Gasteiger partial charge in [-0.2, -0.15) is 5.26 Å². The number of hydrogen-bond acceptors (Lipinski definition) is 5. The predicted molar refractivity (Wildman–Crippen MR) is 99.1 cm³/mol. The van der Waals surface area contributed by atoms with Crippen molar-refractivity contribution in [3.05, 3.63) is 71.9 Å². The van der Waals surface area contributed by atoms with Gasteiger partial charge in [0.1, 0.15) is 0 Å². The lowest BCUT2D eigenvalue weighted by molar-refractivity contribution is 0.243. The van der Waals surface area contributed by atoms with E-state index in [0.717, 1.165) is 11.1 Å². The molecule has 134 valence electrons. The lowest BCUT2D eigenvalue weighted by atomic mass is 10.0. The zero-order valence-electron chi connectivity index (χ0n) is 13.9. The van der Waals surface area contributed by atoms with Crippen molar-refractivity contribution in [3.63, 3.8) is 0 Å². The maximum Gasteiger partial charge on any atom is 0.333 e. The Kier molecular flexibility index (Phi) is 6.11. The maximum atomic E-state index is 12.2. The van der Waals surface area contributed by atoms with Crippen LogP contribution in [0.4, 0.5) is 4.79 Å². The molecule has 2 rings (SSSR count). The Bertz CT molecular complexity index is 961. The van der Waals surface area contributed by atoms with Crippen LogP contribution < -0.4 is 16.6 Å². The topological polar surface area (TPSA) is 125 Å². The summed E-state index contributed by atoms with van der Waals surface area (Å²) in [6.07, 6.45) is 0. The van der Waals surface area contributed by atoms with Crippen LogP contribution >= 0.6 is 0 Å². The van der Waals surface area contributed by atoms with E-state index >= 15 is 0 Å². The third kappa shape index (κ3) is 5.44. The summed E-state index contributed by atoms with van der Waals surface area (Å²) in [6, 6.07) is 15.6. The molecule has 0 spiro atoms. The summed E-state index contributed by atoms with van der Waals surface area (Å²) in [4.78, 5) is 11.1. The highest BCUT2D eigenvalue weighted by molar-refractivity contribution is 7.90. The molecule has 0 radical (unpaired) electrons. The van der Waals surface area contributed by atoms with E-state index in [1.165, 1.54) is 0 Å². The maximum absolute atomic E-state index is 12.2. The third-order valence-electron chi connectivity index (χ3n) is 3.48. The lowest BCUT2D eigenvalue weighted by Gasteiger charge is -2.09. The number of carbonyl (C=O) groups excluding carboxylic acids is 1. The fraction of sp³-hybridized carbons (Fsp3) is 0.111. The molecule has 0 atom stereocenters. The van der Waals surface area contributed by atoms with Crippen molar-refractivity contribution >= 4 is 15.9 Å². The van der Waals surface area contributed by atoms with Crippen LogP contribution in [0, 0.1) is 11.3 Å². The number of amides is 2. The number of nitriles is 1. The van der Waals surface area contributed by atoms with Gasteiger partial charge in [-0.1, -0.05) is 43.0 Å². The minimum Gasteiger partial charge on any atom is -0.310 e. The molecule has 2 amide bonds. The van der Waals surface area contributed by atoms with E-state index in [1.54, 1.807) is 42.5 Å². The van der Waals surface area contributed by atoms with Crippen molar-refractivity contribution in [3.8, 4) is 17.2 Å². The molecule has 26 heavy (non-hydrogen) atoms. The summed E-state index contributed by atoms with van der Waals surface area (Å²) >= 11 is 0. The van der Waals surface area contributed by atoms with Crippen molar-refractivity contribution in [2.24, 2.45) is 5.84 Å². The van der Waals surface area contributed by atoms with Gasteiger partial charge in [0, 0.05) is 5.70 Å². The van der Waals surface area contributed by atoms with Crippen molar-refractivity contribution in [2.45, 2.75) is 5.75 Å². The van der Waals surface area contributed by atoms with E-state index in [2.05, 4.69) is 18.0 Å². The van der Waals surface area contributed by atoms with Crippen LogP contribution in [0.15, 0.2) is 60.8 Å². The van der Waals surface area contributed by atoms with Gasteiger partial charge >= 0.3 is 6.03 Å². The highest BCUT2D eigenvalue weighted by Crippen LogP contribution is 2.21. The normalized spacial score (nSPS) is 10.6. The molecule has 2 aromatic rings. The van der Waals surface area contributed by atoms with E-state index in [0.29, 0.717) is 11.1 Å². The second-order valence-electron chi connectivity index (χ2n) is 5.62. The number of hydrogen-bond donors (Lipinski definition) is 3. The molecular formula is C18H18N4O3S. The zero-order valence-corrected chi connectivity index (χ0v) is 14.7. The van der Waals surface area contributed by atoms with Gasteiger partial charge < -0.3 is 5.32 Å². The van der Waals surface area contributed by atoms with Crippen molar-refractivity contribution in [1.82, 2.24) is 10.7 Å². The first-order valence-electron chi connectivity index (χ1n) is 7.58. The number of urea groups is 1. The fourth-order valence-electron chi connectivity index (χ4n) is 2.36. The monoisotopic (exact) mass is 370 g/mol. The summed E-state index contributed by atoms with van der Waals surface area (Å²) in [5.41, 5.74) is 4.81. The van der Waals surface area contributed by atoms with E-state index < -0.39 is 15.9 Å². The smallest absolute Gasteiger partial charge is 0.310 e. The van der Waals surface area contributed by atoms with E-state index in [4.69, 9.17) is 11.1 Å². The first kappa shape index (κ1) is 19.2. The summed E-state index contributed by atoms with van der Waals surface area (Å²) in [7, 11) is -3.50. The number of rotatable bonds is 6. The van der Waals surface area contributed by atoms with Gasteiger partial charge in [-0.05, 0) is 28.8 Å². The van der Waals surface area contributed by atoms with E-state index in [1.807, 2.05) is 11.5 Å². The minimum absolute atomic E-state index is 0.0397. The number of carbonyl (C=O) groups is 1. The van der Waals surface area contributed by atoms with Gasteiger partial charge in [0.05, 0.1) is 23.1 Å². The molecule has 0 heterocycles. The third-order valence-corrected chi connectivity index (χ3v) is 5.04. The zero-order chi connectivity index (χ0) is 19.2. The fourth-order valence-corrected chi connectivity index (χ4v) is 3.77. The Balaban J connectivity index is 2.07. The average Bonchev–Trinajstić information content (AvgIpc) is 2.61. The molecular weight excluding hydrogens is 352 g/mol. The van der Waals surface area contributed by atoms with Gasteiger partial charge in [-0.15, -0.1) is 0 Å². The summed E-state index contributed by atoms with van der Waals surface area (Å²) in [5, 5.41) is 11.2. The van der Waals surface area contributed by atoms with Crippen molar-refractivity contribution in [1.29, 1.82) is 5.26 Å².